The van der Waals surface area contributed by atoms with Crippen LogP contribution in [0.2, 0.25) is 0 Å². The van der Waals surface area contributed by atoms with Gasteiger partial charge in [0.15, 0.2) is 0 Å². The van der Waals surface area contributed by atoms with Crippen LogP contribution in [0.25, 0.3) is 0 Å². The molecule has 4 nitrogen and oxygen atoms in total. The monoisotopic (exact) mass is 393 g/mol. The molecule has 1 aliphatic heterocycles. The van der Waals surface area contributed by atoms with Crippen LogP contribution in [0.15, 0.2) is 54.6 Å². The van der Waals surface area contributed by atoms with E-state index < -0.39 is 0 Å². The first-order valence-electron chi connectivity index (χ1n) is 9.81. The zero-order valence-electron chi connectivity index (χ0n) is 16.4. The minimum absolute atomic E-state index is 0.0229. The van der Waals surface area contributed by atoms with E-state index in [0.29, 0.717) is 5.56 Å². The third-order valence-electron chi connectivity index (χ3n) is 5.08. The minimum Gasteiger partial charge on any atom is -0.340 e. The molecule has 0 N–H and O–H groups in total. The van der Waals surface area contributed by atoms with Crippen LogP contribution in [0, 0.1) is 11.3 Å². The maximum Gasteiger partial charge on any atom is 0.235 e. The lowest BCUT2D eigenvalue weighted by Crippen LogP contribution is -2.39. The van der Waals surface area contributed by atoms with Gasteiger partial charge in [0, 0.05) is 38.5 Å². The fourth-order valence-corrected chi connectivity index (χ4v) is 4.34. The highest BCUT2D eigenvalue weighted by Crippen LogP contribution is 2.20. The van der Waals surface area contributed by atoms with Crippen molar-refractivity contribution in [2.45, 2.75) is 30.9 Å². The predicted molar refractivity (Wildman–Crippen MR) is 115 cm³/mol. The molecule has 1 fully saturated rings. The molecule has 3 rings (SSSR count). The largest absolute Gasteiger partial charge is 0.340 e. The Labute approximate surface area is 172 Å². The van der Waals surface area contributed by atoms with Crippen molar-refractivity contribution in [1.82, 2.24) is 9.80 Å². The van der Waals surface area contributed by atoms with E-state index in [4.69, 9.17) is 5.26 Å². The number of thioether (sulfide) groups is 1. The number of nitrogens with zero attached hydrogens (tertiary/aromatic N) is 3. The second kappa shape index (κ2) is 10.3. The van der Waals surface area contributed by atoms with Gasteiger partial charge >= 0.3 is 0 Å². The molecule has 0 saturated carbocycles. The molecule has 1 aliphatic rings. The zero-order valence-corrected chi connectivity index (χ0v) is 17.2. The summed E-state index contributed by atoms with van der Waals surface area (Å²) < 4.78 is 0. The molecule has 0 aromatic heterocycles. The molecule has 28 heavy (non-hydrogen) atoms. The number of carbonyl (C=O) groups is 1. The first-order valence-corrected chi connectivity index (χ1v) is 10.9. The first-order chi connectivity index (χ1) is 13.7. The number of carbonyl (C=O) groups excluding carboxylic acids is 1. The fourth-order valence-electron chi connectivity index (χ4n) is 3.42. The van der Waals surface area contributed by atoms with E-state index in [1.165, 1.54) is 11.1 Å². The summed E-state index contributed by atoms with van der Waals surface area (Å²) in [6.07, 6.45) is 0.998. The first kappa shape index (κ1) is 20.4. The molecule has 1 heterocycles. The van der Waals surface area contributed by atoms with Crippen LogP contribution >= 0.6 is 11.8 Å². The summed E-state index contributed by atoms with van der Waals surface area (Å²) in [6, 6.07) is 20.3. The third kappa shape index (κ3) is 5.85. The number of amides is 1. The maximum absolute atomic E-state index is 12.9. The number of benzene rings is 2. The van der Waals surface area contributed by atoms with Gasteiger partial charge in [0.2, 0.25) is 5.91 Å². The predicted octanol–water partition coefficient (Wildman–Crippen LogP) is 3.91. The van der Waals surface area contributed by atoms with Gasteiger partial charge in [-0.3, -0.25) is 9.69 Å². The van der Waals surface area contributed by atoms with Gasteiger partial charge in [-0.1, -0.05) is 42.5 Å². The Balaban J connectivity index is 1.48. The molecule has 2 aromatic rings. The van der Waals surface area contributed by atoms with Crippen LogP contribution in [0.5, 0.6) is 0 Å². The van der Waals surface area contributed by atoms with Crippen molar-refractivity contribution in [3.8, 4) is 6.07 Å². The van der Waals surface area contributed by atoms with Crippen LogP contribution in [0.3, 0.4) is 0 Å². The van der Waals surface area contributed by atoms with Gasteiger partial charge in [-0.15, -0.1) is 11.8 Å². The number of hydrogen-bond acceptors (Lipinski definition) is 4. The normalized spacial score (nSPS) is 16.2. The van der Waals surface area contributed by atoms with E-state index in [1.807, 2.05) is 54.3 Å². The molecular weight excluding hydrogens is 366 g/mol. The van der Waals surface area contributed by atoms with Gasteiger partial charge in [0.05, 0.1) is 16.9 Å². The third-order valence-corrected chi connectivity index (χ3v) is 6.28. The molecule has 1 saturated heterocycles. The lowest BCUT2D eigenvalue weighted by molar-refractivity contribution is -0.130. The minimum atomic E-state index is -0.0229. The van der Waals surface area contributed by atoms with Crippen LogP contribution in [-0.2, 0) is 17.1 Å². The number of nitriles is 1. The molecule has 1 atom stereocenters. The van der Waals surface area contributed by atoms with Crippen molar-refractivity contribution >= 4 is 17.7 Å². The van der Waals surface area contributed by atoms with Crippen molar-refractivity contribution < 1.29 is 4.79 Å². The smallest absolute Gasteiger partial charge is 0.235 e. The Kier molecular flexibility index (Phi) is 7.53. The number of hydrogen-bond donors (Lipinski definition) is 0. The second-order valence-electron chi connectivity index (χ2n) is 7.20. The van der Waals surface area contributed by atoms with Crippen LogP contribution in [-0.4, -0.2) is 47.1 Å². The van der Waals surface area contributed by atoms with Crippen molar-refractivity contribution in [3.63, 3.8) is 0 Å². The fraction of sp³-hybridized carbons (Fsp3) is 0.391. The molecule has 0 aliphatic carbocycles. The summed E-state index contributed by atoms with van der Waals surface area (Å²) in [5.74, 6) is 1.12. The van der Waals surface area contributed by atoms with E-state index in [9.17, 15) is 4.79 Å². The molecule has 2 aromatic carbocycles. The Hall–Kier alpha value is -2.29. The van der Waals surface area contributed by atoms with Crippen LogP contribution < -0.4 is 0 Å². The molecular formula is C23H27N3OS. The Morgan fingerprint density at radius 3 is 2.50 bits per heavy atom. The van der Waals surface area contributed by atoms with Crippen molar-refractivity contribution in [2.75, 3.05) is 26.2 Å². The summed E-state index contributed by atoms with van der Waals surface area (Å²) >= 11 is 1.71. The Bertz CT molecular complexity index is 801. The summed E-state index contributed by atoms with van der Waals surface area (Å²) in [6.45, 7) is 6.39. The van der Waals surface area contributed by atoms with E-state index in [2.05, 4.69) is 23.1 Å². The van der Waals surface area contributed by atoms with Gasteiger partial charge in [-0.05, 0) is 36.6 Å². The van der Waals surface area contributed by atoms with Gasteiger partial charge in [-0.2, -0.15) is 5.26 Å². The van der Waals surface area contributed by atoms with E-state index in [1.54, 1.807) is 11.8 Å². The Morgan fingerprint density at radius 1 is 1.04 bits per heavy atom. The molecule has 146 valence electrons. The summed E-state index contributed by atoms with van der Waals surface area (Å²) in [5, 5.41) is 8.89. The topological polar surface area (TPSA) is 47.3 Å². The molecule has 0 bridgehead atoms. The van der Waals surface area contributed by atoms with E-state index in [-0.39, 0.29) is 11.2 Å². The lowest BCUT2D eigenvalue weighted by Gasteiger charge is -2.24. The van der Waals surface area contributed by atoms with Gasteiger partial charge in [-0.25, -0.2) is 0 Å². The van der Waals surface area contributed by atoms with Gasteiger partial charge in [0.1, 0.15) is 0 Å². The summed E-state index contributed by atoms with van der Waals surface area (Å²) in [5.41, 5.74) is 3.17. The molecule has 0 radical (unpaired) electrons. The zero-order chi connectivity index (χ0) is 19.8. The maximum atomic E-state index is 12.9. The van der Waals surface area contributed by atoms with Crippen LogP contribution in [0.4, 0.5) is 0 Å². The standard InChI is InChI=1S/C23H27N3OS/c1-19(28-18-22-6-3-2-4-7-22)23(27)26-13-5-12-25(14-15-26)17-21-10-8-20(16-24)9-11-21/h2-4,6-11,19H,5,12-15,17-18H2,1H3/t19-/m1/s1. The quantitative estimate of drug-likeness (QED) is 0.746. The highest BCUT2D eigenvalue weighted by molar-refractivity contribution is 7.99. The van der Waals surface area contributed by atoms with Crippen molar-refractivity contribution in [2.24, 2.45) is 0 Å². The molecule has 5 heteroatoms. The summed E-state index contributed by atoms with van der Waals surface area (Å²) in [4.78, 5) is 17.3. The molecule has 0 unspecified atom stereocenters. The average Bonchev–Trinajstić information content (AvgIpc) is 2.98. The van der Waals surface area contributed by atoms with Crippen molar-refractivity contribution in [3.05, 3.63) is 71.3 Å². The Morgan fingerprint density at radius 2 is 1.79 bits per heavy atom. The van der Waals surface area contributed by atoms with Gasteiger partial charge < -0.3 is 4.90 Å². The van der Waals surface area contributed by atoms with E-state index >= 15 is 0 Å². The van der Waals surface area contributed by atoms with E-state index in [0.717, 1.165) is 44.9 Å². The van der Waals surface area contributed by atoms with Crippen molar-refractivity contribution in [1.29, 1.82) is 5.26 Å². The average molecular weight is 394 g/mol. The number of rotatable bonds is 6. The second-order valence-corrected chi connectivity index (χ2v) is 8.53. The summed E-state index contributed by atoms with van der Waals surface area (Å²) in [7, 11) is 0. The van der Waals surface area contributed by atoms with Gasteiger partial charge in [0.25, 0.3) is 0 Å². The highest BCUT2D eigenvalue weighted by atomic mass is 32.2. The van der Waals surface area contributed by atoms with Crippen LogP contribution in [0.1, 0.15) is 30.0 Å². The molecule has 0 spiro atoms. The lowest BCUT2D eigenvalue weighted by atomic mass is 10.1. The molecule has 1 amide bonds. The SMILES string of the molecule is C[C@@H](SCc1ccccc1)C(=O)N1CCCN(Cc2ccc(C#N)cc2)CC1. The highest BCUT2D eigenvalue weighted by Gasteiger charge is 2.23.